The van der Waals surface area contributed by atoms with Crippen molar-refractivity contribution in [3.8, 4) is 11.5 Å². The minimum Gasteiger partial charge on any atom is -0.403 e. The SMILES string of the molecule is O=C(NO)C1CCN(c2nnc(-c3cnc(NC4Cc5cc(F)c(F)cc5C4)nc3)o2)CC1. The quantitative estimate of drug-likeness (QED) is 0.390. The van der Waals surface area contributed by atoms with E-state index in [2.05, 4.69) is 25.5 Å². The van der Waals surface area contributed by atoms with Gasteiger partial charge in [-0.2, -0.15) is 0 Å². The van der Waals surface area contributed by atoms with E-state index < -0.39 is 11.6 Å². The Balaban J connectivity index is 1.20. The van der Waals surface area contributed by atoms with E-state index in [1.54, 1.807) is 17.9 Å². The van der Waals surface area contributed by atoms with Crippen LogP contribution in [0.4, 0.5) is 20.7 Å². The molecule has 1 aliphatic heterocycles. The number of hydroxylamine groups is 1. The first-order valence-electron chi connectivity index (χ1n) is 10.6. The van der Waals surface area contributed by atoms with Gasteiger partial charge in [0.15, 0.2) is 11.6 Å². The molecule has 1 saturated heterocycles. The van der Waals surface area contributed by atoms with Gasteiger partial charge in [0, 0.05) is 37.4 Å². The highest BCUT2D eigenvalue weighted by atomic mass is 19.2. The van der Waals surface area contributed by atoms with Crippen LogP contribution in [-0.2, 0) is 17.6 Å². The van der Waals surface area contributed by atoms with E-state index in [1.165, 1.54) is 12.1 Å². The van der Waals surface area contributed by atoms with Crippen LogP contribution in [0.15, 0.2) is 28.9 Å². The van der Waals surface area contributed by atoms with E-state index >= 15 is 0 Å². The lowest BCUT2D eigenvalue weighted by molar-refractivity contribution is -0.134. The third kappa shape index (κ3) is 4.33. The number of anilines is 2. The second kappa shape index (κ2) is 8.70. The summed E-state index contributed by atoms with van der Waals surface area (Å²) in [6.07, 6.45) is 5.37. The van der Waals surface area contributed by atoms with Crippen molar-refractivity contribution in [2.75, 3.05) is 23.3 Å². The van der Waals surface area contributed by atoms with E-state index in [4.69, 9.17) is 9.62 Å². The summed E-state index contributed by atoms with van der Waals surface area (Å²) in [6.45, 7) is 1.10. The van der Waals surface area contributed by atoms with Gasteiger partial charge in [0.05, 0.1) is 5.56 Å². The van der Waals surface area contributed by atoms with Gasteiger partial charge < -0.3 is 14.6 Å². The van der Waals surface area contributed by atoms with Gasteiger partial charge >= 0.3 is 6.01 Å². The first-order chi connectivity index (χ1) is 16.0. The fourth-order valence-corrected chi connectivity index (χ4v) is 4.29. The first kappa shape index (κ1) is 21.2. The normalized spacial score (nSPS) is 16.6. The number of hydrogen-bond donors (Lipinski definition) is 3. The minimum atomic E-state index is -0.839. The zero-order valence-corrected chi connectivity index (χ0v) is 17.5. The summed E-state index contributed by atoms with van der Waals surface area (Å²) in [5.74, 6) is -1.64. The van der Waals surface area contributed by atoms with E-state index in [9.17, 15) is 13.6 Å². The Morgan fingerprint density at radius 3 is 2.30 bits per heavy atom. The number of piperidine rings is 1. The van der Waals surface area contributed by atoms with Crippen LogP contribution in [0.3, 0.4) is 0 Å². The Hall–Kier alpha value is -3.67. The van der Waals surface area contributed by atoms with E-state index in [0.29, 0.717) is 56.3 Å². The molecule has 3 heterocycles. The third-order valence-corrected chi connectivity index (χ3v) is 6.07. The van der Waals surface area contributed by atoms with Crippen molar-refractivity contribution in [2.24, 2.45) is 5.92 Å². The second-order valence-electron chi connectivity index (χ2n) is 8.21. The molecule has 33 heavy (non-hydrogen) atoms. The Bertz CT molecular complexity index is 1130. The monoisotopic (exact) mass is 457 g/mol. The molecule has 0 saturated carbocycles. The predicted molar refractivity (Wildman–Crippen MR) is 111 cm³/mol. The average molecular weight is 457 g/mol. The minimum absolute atomic E-state index is 0.0575. The highest BCUT2D eigenvalue weighted by Gasteiger charge is 2.28. The Morgan fingerprint density at radius 1 is 1.06 bits per heavy atom. The number of halogens is 2. The number of rotatable bonds is 5. The summed E-state index contributed by atoms with van der Waals surface area (Å²) >= 11 is 0. The van der Waals surface area contributed by atoms with Gasteiger partial charge in [-0.25, -0.2) is 24.2 Å². The summed E-state index contributed by atoms with van der Waals surface area (Å²) in [5, 5.41) is 20.1. The zero-order valence-electron chi connectivity index (χ0n) is 17.5. The standard InChI is InChI=1S/C21H21F2N7O3/c22-16-7-12-5-15(6-13(12)8-17(16)23)26-20-24-9-14(10-25-20)19-27-28-21(33-19)30-3-1-11(2-4-30)18(31)29-32/h7-11,15,32H,1-6H2,(H,29,31)(H,24,25,26). The van der Waals surface area contributed by atoms with Gasteiger partial charge in [-0.05, 0) is 48.9 Å². The number of hydrogen-bond acceptors (Lipinski definition) is 9. The second-order valence-corrected chi connectivity index (χ2v) is 8.21. The summed E-state index contributed by atoms with van der Waals surface area (Å²) < 4.78 is 32.7. The lowest BCUT2D eigenvalue weighted by atomic mass is 9.96. The molecule has 0 bridgehead atoms. The smallest absolute Gasteiger partial charge is 0.318 e. The van der Waals surface area contributed by atoms with Crippen molar-refractivity contribution in [3.05, 3.63) is 47.3 Å². The van der Waals surface area contributed by atoms with Gasteiger partial charge in [0.1, 0.15) is 0 Å². The van der Waals surface area contributed by atoms with Gasteiger partial charge in [0.25, 0.3) is 5.89 Å². The van der Waals surface area contributed by atoms with E-state index in [1.807, 2.05) is 4.90 Å². The van der Waals surface area contributed by atoms with E-state index in [-0.39, 0.29) is 23.8 Å². The number of nitrogens with zero attached hydrogens (tertiary/aromatic N) is 5. The van der Waals surface area contributed by atoms with Crippen LogP contribution in [0.2, 0.25) is 0 Å². The lowest BCUT2D eigenvalue weighted by Gasteiger charge is -2.29. The molecule has 0 radical (unpaired) electrons. The van der Waals surface area contributed by atoms with Crippen LogP contribution in [0, 0.1) is 17.6 Å². The van der Waals surface area contributed by atoms with Gasteiger partial charge in [-0.15, -0.1) is 5.10 Å². The maximum atomic E-state index is 13.4. The number of fused-ring (bicyclic) bond motifs is 1. The third-order valence-electron chi connectivity index (χ3n) is 6.07. The number of nitrogens with one attached hydrogen (secondary N) is 2. The molecule has 12 heteroatoms. The van der Waals surface area contributed by atoms with Crippen LogP contribution in [0.5, 0.6) is 0 Å². The van der Waals surface area contributed by atoms with Crippen LogP contribution in [0.25, 0.3) is 11.5 Å². The molecule has 0 atom stereocenters. The molecule has 3 aromatic rings. The van der Waals surface area contributed by atoms with Gasteiger partial charge in [-0.1, -0.05) is 5.10 Å². The number of aromatic nitrogens is 4. The Kier molecular flexibility index (Phi) is 5.58. The maximum absolute atomic E-state index is 13.4. The molecule has 5 rings (SSSR count). The van der Waals surface area contributed by atoms with Crippen molar-refractivity contribution in [1.82, 2.24) is 25.6 Å². The van der Waals surface area contributed by atoms with E-state index in [0.717, 1.165) is 11.1 Å². The van der Waals surface area contributed by atoms with Gasteiger partial charge in [-0.3, -0.25) is 10.0 Å². The predicted octanol–water partition coefficient (Wildman–Crippen LogP) is 2.11. The van der Waals surface area contributed by atoms with Crippen molar-refractivity contribution >= 4 is 17.9 Å². The van der Waals surface area contributed by atoms with Crippen molar-refractivity contribution in [3.63, 3.8) is 0 Å². The molecule has 10 nitrogen and oxygen atoms in total. The van der Waals surface area contributed by atoms with Crippen molar-refractivity contribution in [1.29, 1.82) is 0 Å². The number of carbonyl (C=O) groups excluding carboxylic acids is 1. The maximum Gasteiger partial charge on any atom is 0.318 e. The lowest BCUT2D eigenvalue weighted by Crippen LogP contribution is -2.39. The zero-order chi connectivity index (χ0) is 22.9. The highest BCUT2D eigenvalue weighted by Crippen LogP contribution is 2.28. The molecular weight excluding hydrogens is 436 g/mol. The van der Waals surface area contributed by atoms with Crippen LogP contribution in [-0.4, -0.2) is 50.4 Å². The number of amides is 1. The summed E-state index contributed by atoms with van der Waals surface area (Å²) in [5.41, 5.74) is 3.80. The fourth-order valence-electron chi connectivity index (χ4n) is 4.29. The largest absolute Gasteiger partial charge is 0.403 e. The number of carbonyl (C=O) groups is 1. The molecule has 0 spiro atoms. The molecule has 1 aromatic carbocycles. The summed E-state index contributed by atoms with van der Waals surface area (Å²) in [4.78, 5) is 22.0. The van der Waals surface area contributed by atoms with Gasteiger partial charge in [0.2, 0.25) is 11.9 Å². The van der Waals surface area contributed by atoms with Crippen LogP contribution < -0.4 is 15.7 Å². The molecular formula is C21H21F2N7O3. The molecule has 1 aliphatic carbocycles. The number of benzene rings is 1. The molecule has 2 aromatic heterocycles. The highest BCUT2D eigenvalue weighted by molar-refractivity contribution is 5.77. The molecule has 0 unspecified atom stereocenters. The summed E-state index contributed by atoms with van der Waals surface area (Å²) in [7, 11) is 0. The topological polar surface area (TPSA) is 129 Å². The van der Waals surface area contributed by atoms with Crippen molar-refractivity contribution < 1.29 is 23.2 Å². The average Bonchev–Trinajstić information content (AvgIpc) is 3.47. The van der Waals surface area contributed by atoms with Crippen molar-refractivity contribution in [2.45, 2.75) is 31.7 Å². The summed E-state index contributed by atoms with van der Waals surface area (Å²) in [6, 6.07) is 2.77. The molecule has 1 amide bonds. The molecule has 1 fully saturated rings. The van der Waals surface area contributed by atoms with Crippen LogP contribution >= 0.6 is 0 Å². The first-order valence-corrected chi connectivity index (χ1v) is 10.6. The Labute approximate surface area is 187 Å². The fraction of sp³-hybridized carbons (Fsp3) is 0.381. The molecule has 172 valence electrons. The van der Waals surface area contributed by atoms with Crippen LogP contribution in [0.1, 0.15) is 24.0 Å². The molecule has 2 aliphatic rings. The Morgan fingerprint density at radius 2 is 1.70 bits per heavy atom. The molecule has 3 N–H and O–H groups in total.